The van der Waals surface area contributed by atoms with E-state index in [0.29, 0.717) is 19.3 Å². The third-order valence-electron chi connectivity index (χ3n) is 3.45. The largest absolute Gasteiger partial charge is 0.392 e. The van der Waals surface area contributed by atoms with Gasteiger partial charge in [-0.15, -0.1) is 0 Å². The monoisotopic (exact) mass is 298 g/mol. The Morgan fingerprint density at radius 1 is 1.33 bits per heavy atom. The van der Waals surface area contributed by atoms with Crippen molar-refractivity contribution in [3.8, 4) is 0 Å². The summed E-state index contributed by atoms with van der Waals surface area (Å²) in [6, 6.07) is 0. The average molecular weight is 298 g/mol. The lowest BCUT2D eigenvalue weighted by molar-refractivity contribution is 0.151. The highest BCUT2D eigenvalue weighted by Gasteiger charge is 2.34. The maximum atomic E-state index is 11.8. The summed E-state index contributed by atoms with van der Waals surface area (Å²) in [5, 5.41) is 9.21. The summed E-state index contributed by atoms with van der Waals surface area (Å²) in [6.45, 7) is 1.58. The van der Waals surface area contributed by atoms with Gasteiger partial charge in [0.25, 0.3) is 0 Å². The standard InChI is InChI=1S/C11H22O5S2/c1-2-17(13,14)8-5-6-10(12)11-7-3-4-9-18(11,15)16/h10-12H,2-9H2,1H3. The minimum atomic E-state index is -3.19. The van der Waals surface area contributed by atoms with E-state index in [1.807, 2.05) is 0 Å². The van der Waals surface area contributed by atoms with Crippen LogP contribution in [0, 0.1) is 0 Å². The molecule has 1 fully saturated rings. The lowest BCUT2D eigenvalue weighted by Crippen LogP contribution is -2.38. The molecule has 0 aromatic rings. The Bertz CT molecular complexity index is 452. The van der Waals surface area contributed by atoms with Crippen LogP contribution in [0.15, 0.2) is 0 Å². The van der Waals surface area contributed by atoms with Crippen LogP contribution >= 0.6 is 0 Å². The predicted molar refractivity (Wildman–Crippen MR) is 71.0 cm³/mol. The molecule has 1 N–H and O–H groups in total. The van der Waals surface area contributed by atoms with Crippen LogP contribution < -0.4 is 0 Å². The molecule has 1 aliphatic heterocycles. The summed E-state index contributed by atoms with van der Waals surface area (Å²) in [4.78, 5) is 0. The van der Waals surface area contributed by atoms with Crippen molar-refractivity contribution >= 4 is 19.7 Å². The Kier molecular flexibility index (Phi) is 5.61. The molecule has 2 unspecified atom stereocenters. The molecule has 1 rings (SSSR count). The molecule has 1 saturated heterocycles. The molecule has 0 aromatic carbocycles. The molecule has 108 valence electrons. The van der Waals surface area contributed by atoms with E-state index >= 15 is 0 Å². The Hall–Kier alpha value is -0.140. The normalized spacial score (nSPS) is 25.8. The first-order chi connectivity index (χ1) is 8.28. The summed E-state index contributed by atoms with van der Waals surface area (Å²) in [7, 11) is -6.23. The van der Waals surface area contributed by atoms with Gasteiger partial charge in [0, 0.05) is 5.75 Å². The van der Waals surface area contributed by atoms with Crippen molar-refractivity contribution in [3.63, 3.8) is 0 Å². The van der Waals surface area contributed by atoms with E-state index in [1.165, 1.54) is 0 Å². The number of hydrogen-bond donors (Lipinski definition) is 1. The molecule has 0 amide bonds. The second-order valence-corrected chi connectivity index (χ2v) is 9.66. The van der Waals surface area contributed by atoms with Gasteiger partial charge < -0.3 is 5.11 Å². The van der Waals surface area contributed by atoms with Gasteiger partial charge in [-0.2, -0.15) is 0 Å². The minimum Gasteiger partial charge on any atom is -0.392 e. The lowest BCUT2D eigenvalue weighted by Gasteiger charge is -2.26. The molecule has 1 heterocycles. The Labute approximate surface area is 109 Å². The third kappa shape index (κ3) is 4.51. The summed E-state index contributed by atoms with van der Waals surface area (Å²) in [6.07, 6.45) is 1.60. The molecule has 0 spiro atoms. The summed E-state index contributed by atoms with van der Waals surface area (Å²) < 4.78 is 46.1. The van der Waals surface area contributed by atoms with Crippen molar-refractivity contribution in [3.05, 3.63) is 0 Å². The zero-order valence-corrected chi connectivity index (χ0v) is 12.3. The van der Waals surface area contributed by atoms with Crippen molar-refractivity contribution in [1.29, 1.82) is 0 Å². The smallest absolute Gasteiger partial charge is 0.155 e. The van der Waals surface area contributed by atoms with Crippen molar-refractivity contribution in [1.82, 2.24) is 0 Å². The van der Waals surface area contributed by atoms with Crippen LogP contribution in [0.5, 0.6) is 0 Å². The second kappa shape index (κ2) is 6.34. The van der Waals surface area contributed by atoms with E-state index in [2.05, 4.69) is 0 Å². The van der Waals surface area contributed by atoms with E-state index < -0.39 is 31.0 Å². The Morgan fingerprint density at radius 3 is 2.56 bits per heavy atom. The number of sulfone groups is 2. The van der Waals surface area contributed by atoms with Crippen molar-refractivity contribution in [2.45, 2.75) is 50.4 Å². The number of aliphatic hydroxyl groups is 1. The number of hydrogen-bond acceptors (Lipinski definition) is 5. The molecule has 5 nitrogen and oxygen atoms in total. The molecular weight excluding hydrogens is 276 g/mol. The van der Waals surface area contributed by atoms with E-state index in [4.69, 9.17) is 0 Å². The van der Waals surface area contributed by atoms with Gasteiger partial charge in [0.1, 0.15) is 9.84 Å². The highest BCUT2D eigenvalue weighted by molar-refractivity contribution is 7.92. The van der Waals surface area contributed by atoms with Crippen LogP contribution in [0.4, 0.5) is 0 Å². The van der Waals surface area contributed by atoms with Gasteiger partial charge in [0.15, 0.2) is 9.84 Å². The Morgan fingerprint density at radius 2 is 2.00 bits per heavy atom. The second-order valence-electron chi connectivity index (χ2n) is 4.85. The van der Waals surface area contributed by atoms with Crippen LogP contribution in [0.1, 0.15) is 39.0 Å². The van der Waals surface area contributed by atoms with E-state index in [9.17, 15) is 21.9 Å². The van der Waals surface area contributed by atoms with Crippen LogP contribution in [0.3, 0.4) is 0 Å². The number of aliphatic hydroxyl groups excluding tert-OH is 1. The Balaban J connectivity index is 2.48. The maximum Gasteiger partial charge on any atom is 0.155 e. The molecule has 1 aliphatic rings. The molecule has 0 aliphatic carbocycles. The quantitative estimate of drug-likeness (QED) is 0.772. The highest BCUT2D eigenvalue weighted by atomic mass is 32.2. The van der Waals surface area contributed by atoms with Gasteiger partial charge in [-0.25, -0.2) is 16.8 Å². The van der Waals surface area contributed by atoms with Crippen molar-refractivity contribution in [2.24, 2.45) is 0 Å². The number of rotatable bonds is 6. The fraction of sp³-hybridized carbons (Fsp3) is 1.00. The van der Waals surface area contributed by atoms with Crippen LogP contribution in [-0.4, -0.2) is 50.6 Å². The molecule has 0 saturated carbocycles. The molecule has 0 radical (unpaired) electrons. The summed E-state index contributed by atoms with van der Waals surface area (Å²) >= 11 is 0. The first-order valence-corrected chi connectivity index (χ1v) is 9.92. The molecular formula is C11H22O5S2. The fourth-order valence-corrected chi connectivity index (χ4v) is 5.20. The minimum absolute atomic E-state index is 0.0212. The molecule has 18 heavy (non-hydrogen) atoms. The molecule has 2 atom stereocenters. The average Bonchev–Trinajstić information content (AvgIpc) is 2.28. The maximum absolute atomic E-state index is 11.8. The lowest BCUT2D eigenvalue weighted by atomic mass is 10.1. The van der Waals surface area contributed by atoms with Gasteiger partial charge in [0.05, 0.1) is 22.9 Å². The zero-order chi connectivity index (χ0) is 13.8. The SMILES string of the molecule is CCS(=O)(=O)CCCC(O)C1CCCCS1(=O)=O. The van der Waals surface area contributed by atoms with E-state index in [1.54, 1.807) is 6.92 Å². The van der Waals surface area contributed by atoms with Crippen molar-refractivity contribution in [2.75, 3.05) is 17.3 Å². The zero-order valence-electron chi connectivity index (χ0n) is 10.7. The topological polar surface area (TPSA) is 88.5 Å². The van der Waals surface area contributed by atoms with Gasteiger partial charge in [-0.3, -0.25) is 0 Å². The van der Waals surface area contributed by atoms with E-state index in [0.717, 1.165) is 6.42 Å². The van der Waals surface area contributed by atoms with Crippen LogP contribution in [0.2, 0.25) is 0 Å². The molecule has 0 aromatic heterocycles. The highest BCUT2D eigenvalue weighted by Crippen LogP contribution is 2.24. The van der Waals surface area contributed by atoms with Gasteiger partial charge >= 0.3 is 0 Å². The van der Waals surface area contributed by atoms with Gasteiger partial charge in [-0.05, 0) is 25.7 Å². The van der Waals surface area contributed by atoms with Crippen molar-refractivity contribution < 1.29 is 21.9 Å². The van der Waals surface area contributed by atoms with Crippen LogP contribution in [0.25, 0.3) is 0 Å². The summed E-state index contributed by atoms with van der Waals surface area (Å²) in [5.41, 5.74) is 0. The first kappa shape index (κ1) is 15.9. The first-order valence-electron chi connectivity index (χ1n) is 6.38. The fourth-order valence-electron chi connectivity index (χ4n) is 2.25. The summed E-state index contributed by atoms with van der Waals surface area (Å²) in [5.74, 6) is 0.250. The van der Waals surface area contributed by atoms with E-state index in [-0.39, 0.29) is 23.7 Å². The molecule has 0 bridgehead atoms. The molecule has 7 heteroatoms. The van der Waals surface area contributed by atoms with Gasteiger partial charge in [0.2, 0.25) is 0 Å². The predicted octanol–water partition coefficient (Wildman–Crippen LogP) is 0.530. The third-order valence-corrected chi connectivity index (χ3v) is 7.57. The van der Waals surface area contributed by atoms with Crippen LogP contribution in [-0.2, 0) is 19.7 Å². The van der Waals surface area contributed by atoms with Gasteiger partial charge in [-0.1, -0.05) is 13.3 Å².